The maximum absolute atomic E-state index is 6.08. The van der Waals surface area contributed by atoms with Crippen molar-refractivity contribution in [2.45, 2.75) is 44.8 Å². The van der Waals surface area contributed by atoms with Crippen LogP contribution in [0.4, 0.5) is 0 Å². The smallest absolute Gasteiger partial charge is 0.0576 e. The summed E-state index contributed by atoms with van der Waals surface area (Å²) in [5.74, 6) is 0. The Morgan fingerprint density at radius 1 is 1.32 bits per heavy atom. The Balaban J connectivity index is 2.00. The molecule has 2 rings (SSSR count). The molecular formula is C15H21Cl2NO. The molecule has 0 aliphatic carbocycles. The molecular weight excluding hydrogens is 281 g/mol. The van der Waals surface area contributed by atoms with E-state index in [4.69, 9.17) is 27.9 Å². The van der Waals surface area contributed by atoms with Crippen molar-refractivity contribution in [3.8, 4) is 0 Å². The van der Waals surface area contributed by atoms with E-state index in [1.54, 1.807) is 6.07 Å². The fourth-order valence-electron chi connectivity index (χ4n) is 2.63. The van der Waals surface area contributed by atoms with Crippen molar-refractivity contribution in [1.82, 2.24) is 5.32 Å². The van der Waals surface area contributed by atoms with Gasteiger partial charge in [0, 0.05) is 22.7 Å². The zero-order chi connectivity index (χ0) is 13.7. The van der Waals surface area contributed by atoms with Crippen LogP contribution in [0.5, 0.6) is 0 Å². The average molecular weight is 302 g/mol. The van der Waals surface area contributed by atoms with Gasteiger partial charge >= 0.3 is 0 Å². The molecule has 1 aliphatic rings. The molecule has 1 saturated heterocycles. The molecule has 1 heterocycles. The van der Waals surface area contributed by atoms with Gasteiger partial charge in [-0.3, -0.25) is 0 Å². The molecule has 1 aliphatic heterocycles. The van der Waals surface area contributed by atoms with Crippen LogP contribution in [0.3, 0.4) is 0 Å². The Morgan fingerprint density at radius 2 is 2.05 bits per heavy atom. The van der Waals surface area contributed by atoms with E-state index in [9.17, 15) is 0 Å². The van der Waals surface area contributed by atoms with Gasteiger partial charge in [-0.1, -0.05) is 30.1 Å². The van der Waals surface area contributed by atoms with Crippen molar-refractivity contribution < 1.29 is 4.74 Å². The first-order valence-electron chi connectivity index (χ1n) is 7.00. The van der Waals surface area contributed by atoms with Crippen molar-refractivity contribution in [3.05, 3.63) is 33.8 Å². The van der Waals surface area contributed by atoms with Crippen LogP contribution in [0.2, 0.25) is 10.0 Å². The molecule has 19 heavy (non-hydrogen) atoms. The summed E-state index contributed by atoms with van der Waals surface area (Å²) < 4.78 is 5.68. The molecule has 0 bridgehead atoms. The number of benzene rings is 1. The molecule has 2 atom stereocenters. The normalized spacial score (nSPS) is 20.7. The van der Waals surface area contributed by atoms with E-state index in [2.05, 4.69) is 12.2 Å². The quantitative estimate of drug-likeness (QED) is 0.829. The molecule has 1 aromatic carbocycles. The van der Waals surface area contributed by atoms with Crippen LogP contribution < -0.4 is 5.32 Å². The highest BCUT2D eigenvalue weighted by atomic mass is 35.5. The Labute approximate surface area is 125 Å². The number of halogens is 2. The van der Waals surface area contributed by atoms with E-state index < -0.39 is 0 Å². The third-order valence-electron chi connectivity index (χ3n) is 3.54. The summed E-state index contributed by atoms with van der Waals surface area (Å²) >= 11 is 12.2. The first-order chi connectivity index (χ1) is 9.19. The highest BCUT2D eigenvalue weighted by molar-refractivity contribution is 6.34. The molecule has 1 N–H and O–H groups in total. The third-order valence-corrected chi connectivity index (χ3v) is 3.98. The van der Waals surface area contributed by atoms with Gasteiger partial charge in [0.1, 0.15) is 0 Å². The summed E-state index contributed by atoms with van der Waals surface area (Å²) in [6.07, 6.45) is 4.95. The lowest BCUT2D eigenvalue weighted by molar-refractivity contribution is 0.0996. The standard InChI is InChI=1S/C15H21Cl2NO/c1-2-18-15(6-5-14-4-3-7-19-14)11-8-12(16)10-13(17)9-11/h8-10,14-15,18H,2-7H2,1H3. The molecule has 0 aromatic heterocycles. The summed E-state index contributed by atoms with van der Waals surface area (Å²) in [5, 5.41) is 4.90. The van der Waals surface area contributed by atoms with E-state index >= 15 is 0 Å². The number of ether oxygens (including phenoxy) is 1. The second kappa shape index (κ2) is 7.49. The van der Waals surface area contributed by atoms with Crippen molar-refractivity contribution in [3.63, 3.8) is 0 Å². The molecule has 2 unspecified atom stereocenters. The lowest BCUT2D eigenvalue weighted by atomic mass is 9.99. The lowest BCUT2D eigenvalue weighted by Crippen LogP contribution is -2.22. The van der Waals surface area contributed by atoms with Gasteiger partial charge in [-0.15, -0.1) is 0 Å². The molecule has 0 spiro atoms. The SMILES string of the molecule is CCNC(CCC1CCCO1)c1cc(Cl)cc(Cl)c1. The molecule has 0 radical (unpaired) electrons. The topological polar surface area (TPSA) is 21.3 Å². The molecule has 4 heteroatoms. The Morgan fingerprint density at radius 3 is 2.63 bits per heavy atom. The summed E-state index contributed by atoms with van der Waals surface area (Å²) in [7, 11) is 0. The van der Waals surface area contributed by atoms with E-state index in [-0.39, 0.29) is 0 Å². The zero-order valence-corrected chi connectivity index (χ0v) is 12.8. The van der Waals surface area contributed by atoms with Crippen LogP contribution >= 0.6 is 23.2 Å². The van der Waals surface area contributed by atoms with E-state index in [1.807, 2.05) is 12.1 Å². The van der Waals surface area contributed by atoms with Gasteiger partial charge < -0.3 is 10.1 Å². The van der Waals surface area contributed by atoms with E-state index in [1.165, 1.54) is 12.8 Å². The highest BCUT2D eigenvalue weighted by Crippen LogP contribution is 2.28. The fraction of sp³-hybridized carbons (Fsp3) is 0.600. The summed E-state index contributed by atoms with van der Waals surface area (Å²) in [5.41, 5.74) is 1.16. The number of hydrogen-bond donors (Lipinski definition) is 1. The number of rotatable bonds is 6. The average Bonchev–Trinajstić information content (AvgIpc) is 2.86. The maximum atomic E-state index is 6.08. The van der Waals surface area contributed by atoms with Crippen LogP contribution in [0.15, 0.2) is 18.2 Å². The number of hydrogen-bond acceptors (Lipinski definition) is 2. The van der Waals surface area contributed by atoms with Gasteiger partial charge in [-0.25, -0.2) is 0 Å². The van der Waals surface area contributed by atoms with Crippen molar-refractivity contribution in [2.75, 3.05) is 13.2 Å². The molecule has 2 nitrogen and oxygen atoms in total. The van der Waals surface area contributed by atoms with Crippen LogP contribution in [0.25, 0.3) is 0 Å². The van der Waals surface area contributed by atoms with Crippen LogP contribution in [-0.2, 0) is 4.74 Å². The summed E-state index contributed by atoms with van der Waals surface area (Å²) in [6, 6.07) is 6.06. The summed E-state index contributed by atoms with van der Waals surface area (Å²) in [4.78, 5) is 0. The molecule has 1 aromatic rings. The van der Waals surface area contributed by atoms with Crippen LogP contribution in [0.1, 0.15) is 44.2 Å². The minimum atomic E-state index is 0.297. The van der Waals surface area contributed by atoms with Gasteiger partial charge in [-0.05, 0) is 56.0 Å². The van der Waals surface area contributed by atoms with E-state index in [0.29, 0.717) is 22.2 Å². The predicted molar refractivity (Wildman–Crippen MR) is 81.1 cm³/mol. The van der Waals surface area contributed by atoms with Gasteiger partial charge in [-0.2, -0.15) is 0 Å². The third kappa shape index (κ3) is 4.64. The van der Waals surface area contributed by atoms with Gasteiger partial charge in [0.25, 0.3) is 0 Å². The Kier molecular flexibility index (Phi) is 5.96. The largest absolute Gasteiger partial charge is 0.378 e. The maximum Gasteiger partial charge on any atom is 0.0576 e. The van der Waals surface area contributed by atoms with Crippen LogP contribution in [-0.4, -0.2) is 19.3 Å². The zero-order valence-electron chi connectivity index (χ0n) is 11.3. The van der Waals surface area contributed by atoms with Crippen LogP contribution in [0, 0.1) is 0 Å². The predicted octanol–water partition coefficient (Wildman–Crippen LogP) is 4.60. The molecule has 0 amide bonds. The van der Waals surface area contributed by atoms with Crippen molar-refractivity contribution >= 4 is 23.2 Å². The van der Waals surface area contributed by atoms with Gasteiger partial charge in [0.2, 0.25) is 0 Å². The Hall–Kier alpha value is -0.280. The minimum absolute atomic E-state index is 0.297. The Bertz CT molecular complexity index is 385. The number of nitrogens with one attached hydrogen (secondary N) is 1. The van der Waals surface area contributed by atoms with Gasteiger partial charge in [0.05, 0.1) is 6.10 Å². The second-order valence-corrected chi connectivity index (χ2v) is 5.90. The highest BCUT2D eigenvalue weighted by Gasteiger charge is 2.19. The van der Waals surface area contributed by atoms with E-state index in [0.717, 1.165) is 31.6 Å². The second-order valence-electron chi connectivity index (χ2n) is 5.03. The van der Waals surface area contributed by atoms with Crippen molar-refractivity contribution in [2.24, 2.45) is 0 Å². The molecule has 0 saturated carbocycles. The first-order valence-corrected chi connectivity index (χ1v) is 7.75. The lowest BCUT2D eigenvalue weighted by Gasteiger charge is -2.20. The first kappa shape index (κ1) is 15.1. The molecule has 106 valence electrons. The summed E-state index contributed by atoms with van der Waals surface area (Å²) in [6.45, 7) is 3.96. The van der Waals surface area contributed by atoms with Gasteiger partial charge in [0.15, 0.2) is 0 Å². The molecule has 1 fully saturated rings. The minimum Gasteiger partial charge on any atom is -0.378 e. The monoisotopic (exact) mass is 301 g/mol. The fourth-order valence-corrected chi connectivity index (χ4v) is 3.18. The van der Waals surface area contributed by atoms with Crippen molar-refractivity contribution in [1.29, 1.82) is 0 Å².